The summed E-state index contributed by atoms with van der Waals surface area (Å²) >= 11 is 0. The van der Waals surface area contributed by atoms with Crippen molar-refractivity contribution in [1.82, 2.24) is 0 Å². The zero-order valence-electron chi connectivity index (χ0n) is 43.0. The van der Waals surface area contributed by atoms with Crippen LogP contribution in [0.1, 0.15) is 27.4 Å². The van der Waals surface area contributed by atoms with E-state index in [1.807, 2.05) is 0 Å². The van der Waals surface area contributed by atoms with Crippen LogP contribution in [0.25, 0.3) is 88.0 Å². The second kappa shape index (κ2) is 10.4. The summed E-state index contributed by atoms with van der Waals surface area (Å²) in [6, 6.07) is -0.768. The van der Waals surface area contributed by atoms with Crippen LogP contribution in [0.5, 0.6) is 0 Å². The van der Waals surface area contributed by atoms with Crippen LogP contribution in [0, 0.1) is 0 Å². The molecule has 0 unspecified atom stereocenters. The van der Waals surface area contributed by atoms with Crippen LogP contribution in [-0.4, -0.2) is 0 Å². The summed E-state index contributed by atoms with van der Waals surface area (Å²) in [5.41, 5.74) is -2.67. The molecule has 45 heavy (non-hydrogen) atoms. The van der Waals surface area contributed by atoms with Crippen LogP contribution in [0.2, 0.25) is 0 Å². The van der Waals surface area contributed by atoms with Gasteiger partial charge in [-0.1, -0.05) is 151 Å². The molecule has 1 heterocycles. The Bertz CT molecular complexity index is 3550. The monoisotopic (exact) mass is 592 g/mol. The molecule has 0 atom stereocenters. The summed E-state index contributed by atoms with van der Waals surface area (Å²) in [5.74, 6) is 0. The summed E-state index contributed by atoms with van der Waals surface area (Å²) in [6.07, 6.45) is 0. The lowest BCUT2D eigenvalue weighted by molar-refractivity contribution is 0.669. The first-order valence-corrected chi connectivity index (χ1v) is 13.8. The first-order valence-electron chi connectivity index (χ1n) is 23.8. The minimum atomic E-state index is -0.752. The summed E-state index contributed by atoms with van der Waals surface area (Å²) in [5, 5.41) is 0.743. The molecular weight excluding hydrogens is 544 g/mol. The molecule has 0 saturated heterocycles. The van der Waals surface area contributed by atoms with Crippen molar-refractivity contribution >= 4 is 43.5 Å². The van der Waals surface area contributed by atoms with E-state index in [1.54, 1.807) is 48.5 Å². The highest BCUT2D eigenvalue weighted by Gasteiger charge is 2.21. The van der Waals surface area contributed by atoms with Gasteiger partial charge in [-0.2, -0.15) is 0 Å². The standard InChI is InChI=1S/C44H28O/c1-3-14-29(15-4-1)31-18-11-19-32(28-31)41-34-20-7-9-22-36(34)42(37-23-10-8-21-35(37)41)38-25-13-27-40-44(38)43-33(24-12-26-39(43)45-40)30-16-5-2-6-17-30/h1-28H/i1D,2D,3D,4D,5D,6D,11D,12D,13D,14D,15D,16D,17D,18D,19D,24D,25D,26D,27D,28D. The Morgan fingerprint density at radius 2 is 0.844 bits per heavy atom. The Morgan fingerprint density at radius 3 is 1.47 bits per heavy atom. The van der Waals surface area contributed by atoms with Gasteiger partial charge in [0.1, 0.15) is 11.2 Å². The van der Waals surface area contributed by atoms with E-state index in [0.717, 1.165) is 0 Å². The third-order valence-electron chi connectivity index (χ3n) is 7.69. The topological polar surface area (TPSA) is 13.1 Å². The molecule has 0 bridgehead atoms. The van der Waals surface area contributed by atoms with Crippen LogP contribution >= 0.6 is 0 Å². The van der Waals surface area contributed by atoms with E-state index >= 15 is 0 Å². The van der Waals surface area contributed by atoms with Crippen molar-refractivity contribution in [2.45, 2.75) is 0 Å². The van der Waals surface area contributed by atoms with Gasteiger partial charge in [-0.05, 0) is 84.2 Å². The average Bonchev–Trinajstić information content (AvgIpc) is 3.69. The number of hydrogen-bond donors (Lipinski definition) is 0. The predicted octanol–water partition coefficient (Wildman–Crippen LogP) is 12.6. The molecule has 9 aromatic rings. The molecule has 0 aliphatic heterocycles. The lowest BCUT2D eigenvalue weighted by atomic mass is 9.84. The SMILES string of the molecule is [2H]c1c([2H])c([2H])c(-c2c([2H])c([2H])c([2H])c(-c3c4ccccc4c(-c4c([2H])c([2H])c([2H])c5oc6c([2H])c([2H])c([2H])c(-c7c([2H])c([2H])c([2H])c([2H])c7[2H])c6c45)c4ccccc34)c2[2H])c([2H])c1[2H]. The summed E-state index contributed by atoms with van der Waals surface area (Å²) in [6.45, 7) is 0. The van der Waals surface area contributed by atoms with Gasteiger partial charge < -0.3 is 4.42 Å². The smallest absolute Gasteiger partial charge is 0.136 e. The van der Waals surface area contributed by atoms with Gasteiger partial charge in [-0.3, -0.25) is 0 Å². The molecule has 0 radical (unpaired) electrons. The van der Waals surface area contributed by atoms with Crippen molar-refractivity contribution in [2.24, 2.45) is 0 Å². The fraction of sp³-hybridized carbons (Fsp3) is 0. The second-order valence-corrected chi connectivity index (χ2v) is 10.1. The normalized spacial score (nSPS) is 17.8. The van der Waals surface area contributed by atoms with Gasteiger partial charge in [0.25, 0.3) is 0 Å². The fourth-order valence-electron chi connectivity index (χ4n) is 5.90. The predicted molar refractivity (Wildman–Crippen MR) is 190 cm³/mol. The van der Waals surface area contributed by atoms with Gasteiger partial charge in [-0.25, -0.2) is 0 Å². The summed E-state index contributed by atoms with van der Waals surface area (Å²) in [7, 11) is 0. The zero-order chi connectivity index (χ0) is 47.1. The summed E-state index contributed by atoms with van der Waals surface area (Å²) in [4.78, 5) is 0. The van der Waals surface area contributed by atoms with Crippen molar-refractivity contribution < 1.29 is 31.8 Å². The molecule has 0 amide bonds. The van der Waals surface area contributed by atoms with Gasteiger partial charge in [0.05, 0.1) is 27.4 Å². The zero-order valence-corrected chi connectivity index (χ0v) is 23.0. The van der Waals surface area contributed by atoms with Gasteiger partial charge >= 0.3 is 0 Å². The van der Waals surface area contributed by atoms with Gasteiger partial charge in [-0.15, -0.1) is 0 Å². The number of fused-ring (bicyclic) bond motifs is 5. The molecule has 1 aromatic heterocycles. The highest BCUT2D eigenvalue weighted by Crippen LogP contribution is 2.48. The Balaban J connectivity index is 1.51. The highest BCUT2D eigenvalue weighted by atomic mass is 16.3. The molecule has 0 fully saturated rings. The largest absolute Gasteiger partial charge is 0.456 e. The fourth-order valence-corrected chi connectivity index (χ4v) is 5.90. The molecule has 8 aromatic carbocycles. The Hall–Kier alpha value is -5.92. The minimum absolute atomic E-state index is 0.108. The lowest BCUT2D eigenvalue weighted by Crippen LogP contribution is -1.92. The molecule has 210 valence electrons. The molecule has 0 aliphatic rings. The summed E-state index contributed by atoms with van der Waals surface area (Å²) < 4.78 is 182. The van der Waals surface area contributed by atoms with Crippen molar-refractivity contribution in [3.8, 4) is 44.5 Å². The van der Waals surface area contributed by atoms with E-state index in [1.165, 1.54) is 0 Å². The number of rotatable bonds is 4. The van der Waals surface area contributed by atoms with Crippen LogP contribution in [-0.2, 0) is 0 Å². The van der Waals surface area contributed by atoms with E-state index in [4.69, 9.17) is 27.7 Å². The van der Waals surface area contributed by atoms with E-state index in [-0.39, 0.29) is 60.2 Å². The molecule has 1 heteroatoms. The lowest BCUT2D eigenvalue weighted by Gasteiger charge is -2.19. The van der Waals surface area contributed by atoms with Crippen LogP contribution < -0.4 is 0 Å². The first kappa shape index (κ1) is 12.6. The Labute approximate surface area is 289 Å². The average molecular weight is 593 g/mol. The maximum atomic E-state index is 9.59. The van der Waals surface area contributed by atoms with Crippen LogP contribution in [0.3, 0.4) is 0 Å². The molecular formula is C44H28O. The highest BCUT2D eigenvalue weighted by molar-refractivity contribution is 6.27. The quantitative estimate of drug-likeness (QED) is 0.185. The molecule has 0 saturated carbocycles. The molecule has 0 spiro atoms. The maximum absolute atomic E-state index is 9.59. The number of furan rings is 1. The first-order chi connectivity index (χ1) is 30.7. The minimum Gasteiger partial charge on any atom is -0.456 e. The van der Waals surface area contributed by atoms with E-state index in [0.29, 0.717) is 0 Å². The third-order valence-corrected chi connectivity index (χ3v) is 7.69. The third kappa shape index (κ3) is 4.09. The Kier molecular flexibility index (Phi) is 2.90. The van der Waals surface area contributed by atoms with E-state index in [2.05, 4.69) is 0 Å². The molecule has 1 nitrogen and oxygen atoms in total. The van der Waals surface area contributed by atoms with Crippen molar-refractivity contribution in [1.29, 1.82) is 0 Å². The van der Waals surface area contributed by atoms with E-state index < -0.39 is 149 Å². The van der Waals surface area contributed by atoms with Crippen molar-refractivity contribution in [3.05, 3.63) is 169 Å². The second-order valence-electron chi connectivity index (χ2n) is 10.1. The maximum Gasteiger partial charge on any atom is 0.136 e. The number of benzene rings is 8. The van der Waals surface area contributed by atoms with Crippen molar-refractivity contribution in [2.75, 3.05) is 0 Å². The molecule has 9 rings (SSSR count). The van der Waals surface area contributed by atoms with E-state index in [9.17, 15) is 4.11 Å². The van der Waals surface area contributed by atoms with Crippen LogP contribution in [0.4, 0.5) is 0 Å². The number of hydrogen-bond acceptors (Lipinski definition) is 1. The van der Waals surface area contributed by atoms with Gasteiger partial charge in [0.2, 0.25) is 0 Å². The van der Waals surface area contributed by atoms with Gasteiger partial charge in [0.15, 0.2) is 0 Å². The molecule has 0 aliphatic carbocycles. The molecule has 0 N–H and O–H groups in total. The van der Waals surface area contributed by atoms with Gasteiger partial charge in [0, 0.05) is 10.8 Å². The Morgan fingerprint density at radius 1 is 0.378 bits per heavy atom. The van der Waals surface area contributed by atoms with Crippen LogP contribution in [0.15, 0.2) is 174 Å². The van der Waals surface area contributed by atoms with Crippen molar-refractivity contribution in [3.63, 3.8) is 0 Å².